The van der Waals surface area contributed by atoms with E-state index in [4.69, 9.17) is 0 Å². The highest BCUT2D eigenvalue weighted by Gasteiger charge is 2.57. The van der Waals surface area contributed by atoms with Gasteiger partial charge in [-0.25, -0.2) is 4.79 Å². The Morgan fingerprint density at radius 1 is 1.33 bits per heavy atom. The van der Waals surface area contributed by atoms with E-state index in [2.05, 4.69) is 5.32 Å². The van der Waals surface area contributed by atoms with Crippen molar-refractivity contribution < 1.29 is 24.9 Å². The highest BCUT2D eigenvalue weighted by molar-refractivity contribution is 5.99. The molecule has 3 aliphatic rings. The molecule has 0 saturated carbocycles. The molecular formula is C17H26N2O5. The average Bonchev–Trinajstić information content (AvgIpc) is 3.08. The molecule has 7 nitrogen and oxygen atoms in total. The quantitative estimate of drug-likeness (QED) is 0.511. The van der Waals surface area contributed by atoms with Gasteiger partial charge >= 0.3 is 5.97 Å². The van der Waals surface area contributed by atoms with E-state index in [-0.39, 0.29) is 42.3 Å². The molecule has 0 aromatic carbocycles. The SMILES string of the molecule is CC(CC1CCC(CO)N1)C1=C(C(=O)O)N2C(=O)[C@H]([C@@H](C)O)[C@H]2C1. The van der Waals surface area contributed by atoms with Crippen LogP contribution in [-0.4, -0.2) is 62.9 Å². The lowest BCUT2D eigenvalue weighted by molar-refractivity contribution is -0.161. The van der Waals surface area contributed by atoms with Crippen LogP contribution in [0.5, 0.6) is 0 Å². The summed E-state index contributed by atoms with van der Waals surface area (Å²) in [5.41, 5.74) is 0.921. The molecule has 0 aromatic heterocycles. The van der Waals surface area contributed by atoms with Gasteiger partial charge in [0.2, 0.25) is 5.91 Å². The first kappa shape index (κ1) is 17.4. The molecule has 0 aromatic rings. The third-order valence-corrected chi connectivity index (χ3v) is 5.75. The molecule has 0 spiro atoms. The average molecular weight is 338 g/mol. The Kier molecular flexibility index (Phi) is 4.68. The number of β-lactam (4-membered cyclic amide) rings is 1. The second-order valence-corrected chi connectivity index (χ2v) is 7.38. The van der Waals surface area contributed by atoms with E-state index in [9.17, 15) is 24.9 Å². The zero-order valence-electron chi connectivity index (χ0n) is 14.1. The second-order valence-electron chi connectivity index (χ2n) is 7.38. The van der Waals surface area contributed by atoms with Gasteiger partial charge in [-0.05, 0) is 44.1 Å². The Labute approximate surface area is 141 Å². The summed E-state index contributed by atoms with van der Waals surface area (Å²) < 4.78 is 0. The third kappa shape index (κ3) is 2.74. The van der Waals surface area contributed by atoms with Crippen molar-refractivity contribution in [1.29, 1.82) is 0 Å². The summed E-state index contributed by atoms with van der Waals surface area (Å²) in [6.45, 7) is 3.70. The van der Waals surface area contributed by atoms with E-state index in [0.29, 0.717) is 6.42 Å². The molecule has 3 rings (SSSR count). The number of hydrogen-bond donors (Lipinski definition) is 4. The van der Waals surface area contributed by atoms with Gasteiger partial charge < -0.3 is 25.5 Å². The van der Waals surface area contributed by atoms with Crippen molar-refractivity contribution in [2.45, 2.75) is 63.8 Å². The number of carboxylic acids is 1. The first-order valence-electron chi connectivity index (χ1n) is 8.69. The fourth-order valence-electron chi connectivity index (χ4n) is 4.54. The Balaban J connectivity index is 1.74. The lowest BCUT2D eigenvalue weighted by Gasteiger charge is -2.44. The van der Waals surface area contributed by atoms with Crippen LogP contribution in [0, 0.1) is 11.8 Å². The Morgan fingerprint density at radius 2 is 2.00 bits per heavy atom. The lowest BCUT2D eigenvalue weighted by atomic mass is 9.81. The minimum atomic E-state index is -1.07. The number of nitrogens with zero attached hydrogens (tertiary/aromatic N) is 1. The number of rotatable bonds is 6. The van der Waals surface area contributed by atoms with Crippen LogP contribution in [0.3, 0.4) is 0 Å². The molecular weight excluding hydrogens is 312 g/mol. The molecule has 6 atom stereocenters. The largest absolute Gasteiger partial charge is 0.477 e. The first-order valence-corrected chi connectivity index (χ1v) is 8.69. The van der Waals surface area contributed by atoms with Gasteiger partial charge in [-0.15, -0.1) is 0 Å². The van der Waals surface area contributed by atoms with E-state index >= 15 is 0 Å². The van der Waals surface area contributed by atoms with Crippen LogP contribution in [0.15, 0.2) is 11.3 Å². The van der Waals surface area contributed by atoms with Crippen molar-refractivity contribution in [3.8, 4) is 0 Å². The van der Waals surface area contributed by atoms with Gasteiger partial charge in [0.25, 0.3) is 0 Å². The minimum absolute atomic E-state index is 0.0408. The molecule has 4 N–H and O–H groups in total. The molecule has 0 radical (unpaired) electrons. The van der Waals surface area contributed by atoms with Crippen LogP contribution in [0.4, 0.5) is 0 Å². The third-order valence-electron chi connectivity index (χ3n) is 5.75. The van der Waals surface area contributed by atoms with Crippen LogP contribution in [-0.2, 0) is 9.59 Å². The lowest BCUT2D eigenvalue weighted by Crippen LogP contribution is -2.61. The predicted molar refractivity (Wildman–Crippen MR) is 85.9 cm³/mol. The number of aliphatic hydroxyl groups excluding tert-OH is 2. The summed E-state index contributed by atoms with van der Waals surface area (Å²) in [6, 6.07) is 0.166. The van der Waals surface area contributed by atoms with Crippen molar-refractivity contribution in [2.75, 3.05) is 6.61 Å². The zero-order valence-corrected chi connectivity index (χ0v) is 14.1. The molecule has 1 amide bonds. The number of aliphatic hydroxyl groups is 2. The van der Waals surface area contributed by atoms with Crippen molar-refractivity contribution >= 4 is 11.9 Å². The predicted octanol–water partition coefficient (Wildman–Crippen LogP) is 0.0757. The maximum Gasteiger partial charge on any atom is 0.352 e. The first-order chi connectivity index (χ1) is 11.3. The van der Waals surface area contributed by atoms with Crippen molar-refractivity contribution in [3.63, 3.8) is 0 Å². The van der Waals surface area contributed by atoms with Crippen LogP contribution in [0.1, 0.15) is 39.5 Å². The van der Waals surface area contributed by atoms with Gasteiger partial charge in [0.05, 0.1) is 24.7 Å². The second kappa shape index (κ2) is 6.46. The summed E-state index contributed by atoms with van der Waals surface area (Å²) in [7, 11) is 0. The molecule has 134 valence electrons. The molecule has 0 bridgehead atoms. The molecule has 3 aliphatic heterocycles. The van der Waals surface area contributed by atoms with Crippen LogP contribution < -0.4 is 5.32 Å². The normalized spacial score (nSPS) is 35.0. The number of aliphatic carboxylic acids is 1. The summed E-state index contributed by atoms with van der Waals surface area (Å²) in [5, 5.41) is 31.9. The van der Waals surface area contributed by atoms with E-state index < -0.39 is 18.0 Å². The maximum absolute atomic E-state index is 12.2. The van der Waals surface area contributed by atoms with Crippen molar-refractivity contribution in [2.24, 2.45) is 11.8 Å². The van der Waals surface area contributed by atoms with Gasteiger partial charge in [-0.3, -0.25) is 4.79 Å². The fourth-order valence-corrected chi connectivity index (χ4v) is 4.54. The summed E-state index contributed by atoms with van der Waals surface area (Å²) in [6.07, 6.45) is 2.45. The molecule has 2 fully saturated rings. The molecule has 3 heterocycles. The van der Waals surface area contributed by atoms with Gasteiger partial charge in [-0.2, -0.15) is 0 Å². The number of nitrogens with one attached hydrogen (secondary N) is 1. The number of carbonyl (C=O) groups is 2. The monoisotopic (exact) mass is 338 g/mol. The molecule has 0 aliphatic carbocycles. The maximum atomic E-state index is 12.2. The Bertz CT molecular complexity index is 573. The number of carboxylic acid groups (broad SMARTS) is 1. The molecule has 7 heteroatoms. The minimum Gasteiger partial charge on any atom is -0.477 e. The van der Waals surface area contributed by atoms with Crippen molar-refractivity contribution in [1.82, 2.24) is 10.2 Å². The Hall–Kier alpha value is -1.44. The van der Waals surface area contributed by atoms with E-state index in [1.165, 1.54) is 4.90 Å². The summed E-state index contributed by atoms with van der Waals surface area (Å²) in [4.78, 5) is 25.3. The standard InChI is InChI=1S/C17H26N2O5/c1-8(5-10-3-4-11(7-20)18-10)12-6-13-14(9(2)21)16(22)19(13)15(12)17(23)24/h8-11,13-14,18,20-21H,3-7H2,1-2H3,(H,23,24)/t8?,9-,10?,11?,13-,14-/m1/s1. The van der Waals surface area contributed by atoms with Gasteiger partial charge in [0.1, 0.15) is 5.70 Å². The molecule has 2 saturated heterocycles. The molecule has 24 heavy (non-hydrogen) atoms. The smallest absolute Gasteiger partial charge is 0.352 e. The fraction of sp³-hybridized carbons (Fsp3) is 0.765. The zero-order chi connectivity index (χ0) is 17.6. The topological polar surface area (TPSA) is 110 Å². The van der Waals surface area contributed by atoms with Crippen LogP contribution in [0.2, 0.25) is 0 Å². The van der Waals surface area contributed by atoms with E-state index in [1.54, 1.807) is 6.92 Å². The number of hydrogen-bond acceptors (Lipinski definition) is 5. The number of amides is 1. The Morgan fingerprint density at radius 3 is 2.54 bits per heavy atom. The van der Waals surface area contributed by atoms with Gasteiger partial charge in [0.15, 0.2) is 0 Å². The van der Waals surface area contributed by atoms with Gasteiger partial charge in [0, 0.05) is 12.1 Å². The van der Waals surface area contributed by atoms with Gasteiger partial charge in [-0.1, -0.05) is 6.92 Å². The van der Waals surface area contributed by atoms with Crippen LogP contribution in [0.25, 0.3) is 0 Å². The summed E-state index contributed by atoms with van der Waals surface area (Å²) >= 11 is 0. The van der Waals surface area contributed by atoms with E-state index in [0.717, 1.165) is 24.8 Å². The van der Waals surface area contributed by atoms with E-state index in [1.807, 2.05) is 6.92 Å². The highest BCUT2D eigenvalue weighted by atomic mass is 16.4. The number of carbonyl (C=O) groups excluding carboxylic acids is 1. The van der Waals surface area contributed by atoms with Crippen LogP contribution >= 0.6 is 0 Å². The number of fused-ring (bicyclic) bond motifs is 1. The highest BCUT2D eigenvalue weighted by Crippen LogP contribution is 2.46. The van der Waals surface area contributed by atoms with Crippen molar-refractivity contribution in [3.05, 3.63) is 11.3 Å². The summed E-state index contributed by atoms with van der Waals surface area (Å²) in [5.74, 6) is -1.80. The molecule has 3 unspecified atom stereocenters.